The van der Waals surface area contributed by atoms with Crippen LogP contribution in [0.25, 0.3) is 21.9 Å². The maximum absolute atomic E-state index is 4.69. The summed E-state index contributed by atoms with van der Waals surface area (Å²) in [7, 11) is 0. The summed E-state index contributed by atoms with van der Waals surface area (Å²) in [6, 6.07) is 17.3. The van der Waals surface area contributed by atoms with Crippen molar-refractivity contribution in [3.05, 3.63) is 66.0 Å². The van der Waals surface area contributed by atoms with E-state index in [-0.39, 0.29) is 5.41 Å². The molecule has 0 amide bonds. The van der Waals surface area contributed by atoms with Gasteiger partial charge in [0, 0.05) is 17.0 Å². The van der Waals surface area contributed by atoms with Crippen LogP contribution < -0.4 is 0 Å². The second-order valence-corrected chi connectivity index (χ2v) is 5.73. The van der Waals surface area contributed by atoms with Crippen molar-refractivity contribution in [1.29, 1.82) is 0 Å². The van der Waals surface area contributed by atoms with Crippen molar-refractivity contribution in [3.8, 4) is 11.1 Å². The highest BCUT2D eigenvalue weighted by atomic mass is 14.7. The molecule has 0 radical (unpaired) electrons. The molecule has 0 bridgehead atoms. The second kappa shape index (κ2) is 3.45. The SMILES string of the molecule is CC1(C)c2ccccc2-c2cccc3ccnc1c23. The van der Waals surface area contributed by atoms with Crippen LogP contribution in [0.3, 0.4) is 0 Å². The third-order valence-corrected chi connectivity index (χ3v) is 4.27. The standard InChI is InChI=1S/C18H15N/c1-18(2)15-9-4-3-7-13(15)14-8-5-6-12-10-11-19-17(18)16(12)14/h3-11H,1-2H3. The Morgan fingerprint density at radius 2 is 1.63 bits per heavy atom. The summed E-state index contributed by atoms with van der Waals surface area (Å²) in [5.74, 6) is 0. The largest absolute Gasteiger partial charge is 0.260 e. The van der Waals surface area contributed by atoms with Crippen molar-refractivity contribution < 1.29 is 0 Å². The van der Waals surface area contributed by atoms with Gasteiger partial charge in [-0.3, -0.25) is 4.98 Å². The van der Waals surface area contributed by atoms with Crippen LogP contribution in [0.15, 0.2) is 54.7 Å². The summed E-state index contributed by atoms with van der Waals surface area (Å²) >= 11 is 0. The van der Waals surface area contributed by atoms with Crippen LogP contribution in [-0.4, -0.2) is 4.98 Å². The van der Waals surface area contributed by atoms with E-state index in [1.807, 2.05) is 6.20 Å². The monoisotopic (exact) mass is 245 g/mol. The summed E-state index contributed by atoms with van der Waals surface area (Å²) in [5, 5.41) is 2.60. The lowest BCUT2D eigenvalue weighted by atomic mass is 9.71. The fraction of sp³-hybridized carbons (Fsp3) is 0.167. The van der Waals surface area contributed by atoms with E-state index in [0.717, 1.165) is 0 Å². The lowest BCUT2D eigenvalue weighted by Gasteiger charge is -2.33. The third-order valence-electron chi connectivity index (χ3n) is 4.27. The number of fused-ring (bicyclic) bond motifs is 2. The van der Waals surface area contributed by atoms with E-state index >= 15 is 0 Å². The first-order chi connectivity index (χ1) is 9.19. The van der Waals surface area contributed by atoms with Crippen LogP contribution in [0.1, 0.15) is 25.1 Å². The van der Waals surface area contributed by atoms with Gasteiger partial charge in [-0.25, -0.2) is 0 Å². The van der Waals surface area contributed by atoms with Gasteiger partial charge in [0.05, 0.1) is 5.69 Å². The first-order valence-corrected chi connectivity index (χ1v) is 6.68. The molecular weight excluding hydrogens is 230 g/mol. The van der Waals surface area contributed by atoms with Gasteiger partial charge in [0.25, 0.3) is 0 Å². The zero-order valence-electron chi connectivity index (χ0n) is 11.1. The van der Waals surface area contributed by atoms with Crippen molar-refractivity contribution in [1.82, 2.24) is 4.98 Å². The quantitative estimate of drug-likeness (QED) is 0.566. The molecule has 1 aromatic heterocycles. The number of nitrogens with zero attached hydrogens (tertiary/aromatic N) is 1. The molecule has 0 atom stereocenters. The minimum Gasteiger partial charge on any atom is -0.260 e. The molecule has 1 heteroatoms. The summed E-state index contributed by atoms with van der Waals surface area (Å²) < 4.78 is 0. The van der Waals surface area contributed by atoms with Crippen LogP contribution in [0.5, 0.6) is 0 Å². The molecule has 19 heavy (non-hydrogen) atoms. The third kappa shape index (κ3) is 1.27. The normalized spacial score (nSPS) is 15.3. The van der Waals surface area contributed by atoms with E-state index in [1.54, 1.807) is 0 Å². The van der Waals surface area contributed by atoms with Gasteiger partial charge >= 0.3 is 0 Å². The zero-order valence-corrected chi connectivity index (χ0v) is 11.1. The van der Waals surface area contributed by atoms with Crippen molar-refractivity contribution in [3.63, 3.8) is 0 Å². The molecular formula is C18H15N. The molecule has 1 heterocycles. The summed E-state index contributed by atoms with van der Waals surface area (Å²) in [6.45, 7) is 4.53. The van der Waals surface area contributed by atoms with Gasteiger partial charge in [-0.1, -0.05) is 56.3 Å². The molecule has 0 fully saturated rings. The number of hydrogen-bond acceptors (Lipinski definition) is 1. The molecule has 2 aromatic carbocycles. The maximum atomic E-state index is 4.69. The van der Waals surface area contributed by atoms with E-state index in [1.165, 1.54) is 33.2 Å². The average molecular weight is 245 g/mol. The van der Waals surface area contributed by atoms with Crippen molar-refractivity contribution in [2.24, 2.45) is 0 Å². The Labute approximate surface area is 112 Å². The molecule has 4 rings (SSSR count). The van der Waals surface area contributed by atoms with Gasteiger partial charge in [0.2, 0.25) is 0 Å². The predicted molar refractivity (Wildman–Crippen MR) is 79.3 cm³/mol. The average Bonchev–Trinajstić information content (AvgIpc) is 2.45. The van der Waals surface area contributed by atoms with Crippen LogP contribution >= 0.6 is 0 Å². The molecule has 0 spiro atoms. The number of rotatable bonds is 0. The van der Waals surface area contributed by atoms with Gasteiger partial charge < -0.3 is 0 Å². The Bertz CT molecular complexity index is 794. The minimum atomic E-state index is -0.0372. The molecule has 0 saturated heterocycles. The zero-order chi connectivity index (χ0) is 13.0. The summed E-state index contributed by atoms with van der Waals surface area (Å²) in [4.78, 5) is 4.69. The highest BCUT2D eigenvalue weighted by Crippen LogP contribution is 2.47. The summed E-state index contributed by atoms with van der Waals surface area (Å²) in [6.07, 6.45) is 1.93. The second-order valence-electron chi connectivity index (χ2n) is 5.73. The highest BCUT2D eigenvalue weighted by Gasteiger charge is 2.33. The fourth-order valence-electron chi connectivity index (χ4n) is 3.32. The molecule has 1 nitrogen and oxygen atoms in total. The van der Waals surface area contributed by atoms with E-state index in [9.17, 15) is 0 Å². The molecule has 3 aromatic rings. The van der Waals surface area contributed by atoms with Gasteiger partial charge in [-0.05, 0) is 28.1 Å². The van der Waals surface area contributed by atoms with Gasteiger partial charge in [0.15, 0.2) is 0 Å². The highest BCUT2D eigenvalue weighted by molar-refractivity contribution is 6.02. The first-order valence-electron chi connectivity index (χ1n) is 6.68. The molecule has 0 N–H and O–H groups in total. The lowest BCUT2D eigenvalue weighted by molar-refractivity contribution is 0.622. The van der Waals surface area contributed by atoms with Crippen molar-refractivity contribution >= 4 is 10.8 Å². The molecule has 0 unspecified atom stereocenters. The number of pyridine rings is 1. The Morgan fingerprint density at radius 3 is 2.53 bits per heavy atom. The number of aromatic nitrogens is 1. The predicted octanol–water partition coefficient (Wildman–Crippen LogP) is 4.54. The minimum absolute atomic E-state index is 0.0372. The Balaban J connectivity index is 2.28. The molecule has 1 aliphatic rings. The van der Waals surface area contributed by atoms with Crippen LogP contribution in [0.4, 0.5) is 0 Å². The van der Waals surface area contributed by atoms with Gasteiger partial charge in [0.1, 0.15) is 0 Å². The molecule has 1 aliphatic carbocycles. The van der Waals surface area contributed by atoms with Crippen LogP contribution in [-0.2, 0) is 5.41 Å². The number of hydrogen-bond donors (Lipinski definition) is 0. The van der Waals surface area contributed by atoms with E-state index in [4.69, 9.17) is 0 Å². The summed E-state index contributed by atoms with van der Waals surface area (Å²) in [5.41, 5.74) is 5.19. The lowest BCUT2D eigenvalue weighted by Crippen LogP contribution is -2.24. The van der Waals surface area contributed by atoms with Crippen LogP contribution in [0.2, 0.25) is 0 Å². The maximum Gasteiger partial charge on any atom is 0.0588 e. The van der Waals surface area contributed by atoms with Crippen molar-refractivity contribution in [2.45, 2.75) is 19.3 Å². The number of benzene rings is 2. The van der Waals surface area contributed by atoms with Gasteiger partial charge in [-0.15, -0.1) is 0 Å². The fourth-order valence-corrected chi connectivity index (χ4v) is 3.32. The molecule has 0 saturated carbocycles. The van der Waals surface area contributed by atoms with Crippen LogP contribution in [0, 0.1) is 0 Å². The Hall–Kier alpha value is -2.15. The van der Waals surface area contributed by atoms with Gasteiger partial charge in [-0.2, -0.15) is 0 Å². The Kier molecular flexibility index (Phi) is 1.95. The first kappa shape index (κ1) is 10.7. The smallest absolute Gasteiger partial charge is 0.0588 e. The van der Waals surface area contributed by atoms with Crippen molar-refractivity contribution in [2.75, 3.05) is 0 Å². The molecule has 0 aliphatic heterocycles. The van der Waals surface area contributed by atoms with E-state index < -0.39 is 0 Å². The van der Waals surface area contributed by atoms with E-state index in [0.29, 0.717) is 0 Å². The van der Waals surface area contributed by atoms with E-state index in [2.05, 4.69) is 67.4 Å². The topological polar surface area (TPSA) is 12.9 Å². The molecule has 92 valence electrons. The Morgan fingerprint density at radius 1 is 0.842 bits per heavy atom.